The highest BCUT2D eigenvalue weighted by Crippen LogP contribution is 2.37. The van der Waals surface area contributed by atoms with Crippen molar-refractivity contribution in [2.24, 2.45) is 5.73 Å². The van der Waals surface area contributed by atoms with Gasteiger partial charge in [0, 0.05) is 10.9 Å². The average Bonchev–Trinajstić information content (AvgIpc) is 2.87. The molecule has 0 aliphatic carbocycles. The summed E-state index contributed by atoms with van der Waals surface area (Å²) in [6.07, 6.45) is 1.51. The number of thiophene rings is 1. The summed E-state index contributed by atoms with van der Waals surface area (Å²) in [6.45, 7) is 2.01. The van der Waals surface area contributed by atoms with Gasteiger partial charge in [0.1, 0.15) is 6.33 Å². The molecule has 2 rings (SSSR count). The summed E-state index contributed by atoms with van der Waals surface area (Å²) in [5.41, 5.74) is 5.97. The standard InChI is InChI=1S/C9H12N4S2/c1-6(10)8(7-3-2-4-14-7)15-9-11-5-12-13-9/h2-6,8H,10H2,1H3,(H,11,12,13). The quantitative estimate of drug-likeness (QED) is 0.803. The van der Waals surface area contributed by atoms with E-state index in [0.29, 0.717) is 0 Å². The third-order valence-electron chi connectivity index (χ3n) is 1.93. The number of hydrogen-bond donors (Lipinski definition) is 2. The van der Waals surface area contributed by atoms with Crippen molar-refractivity contribution >= 4 is 23.1 Å². The highest BCUT2D eigenvalue weighted by molar-refractivity contribution is 7.99. The van der Waals surface area contributed by atoms with E-state index < -0.39 is 0 Å². The molecule has 0 amide bonds. The van der Waals surface area contributed by atoms with E-state index in [4.69, 9.17) is 5.73 Å². The van der Waals surface area contributed by atoms with Gasteiger partial charge in [-0.1, -0.05) is 17.8 Å². The normalized spacial score (nSPS) is 15.1. The number of thioether (sulfide) groups is 1. The summed E-state index contributed by atoms with van der Waals surface area (Å²) in [7, 11) is 0. The fourth-order valence-electron chi connectivity index (χ4n) is 1.25. The zero-order valence-electron chi connectivity index (χ0n) is 8.25. The molecule has 0 aliphatic rings. The summed E-state index contributed by atoms with van der Waals surface area (Å²) in [4.78, 5) is 5.36. The van der Waals surface area contributed by atoms with E-state index in [-0.39, 0.29) is 11.3 Å². The molecule has 15 heavy (non-hydrogen) atoms. The number of rotatable bonds is 4. The van der Waals surface area contributed by atoms with Gasteiger partial charge in [0.15, 0.2) is 5.16 Å². The largest absolute Gasteiger partial charge is 0.327 e. The lowest BCUT2D eigenvalue weighted by Crippen LogP contribution is -2.21. The first-order chi connectivity index (χ1) is 7.27. The van der Waals surface area contributed by atoms with Gasteiger partial charge in [0.05, 0.1) is 5.25 Å². The molecule has 6 heteroatoms. The lowest BCUT2D eigenvalue weighted by Gasteiger charge is -2.17. The molecule has 0 aromatic carbocycles. The van der Waals surface area contributed by atoms with Crippen LogP contribution in [0.4, 0.5) is 0 Å². The van der Waals surface area contributed by atoms with Gasteiger partial charge in [-0.3, -0.25) is 5.10 Å². The van der Waals surface area contributed by atoms with E-state index in [1.807, 2.05) is 13.0 Å². The molecular weight excluding hydrogens is 228 g/mol. The van der Waals surface area contributed by atoms with Crippen LogP contribution in [-0.2, 0) is 0 Å². The SMILES string of the molecule is CC(N)C(Sc1ncn[nH]1)c1cccs1. The summed E-state index contributed by atoms with van der Waals surface area (Å²) >= 11 is 3.34. The van der Waals surface area contributed by atoms with Gasteiger partial charge in [0.25, 0.3) is 0 Å². The van der Waals surface area contributed by atoms with E-state index in [1.165, 1.54) is 11.2 Å². The van der Waals surface area contributed by atoms with Crippen LogP contribution in [0.3, 0.4) is 0 Å². The van der Waals surface area contributed by atoms with E-state index in [9.17, 15) is 0 Å². The molecule has 3 N–H and O–H groups in total. The molecule has 4 nitrogen and oxygen atoms in total. The van der Waals surface area contributed by atoms with Crippen LogP contribution >= 0.6 is 23.1 Å². The number of aromatic amines is 1. The molecule has 0 fully saturated rings. The van der Waals surface area contributed by atoms with Crippen LogP contribution in [-0.4, -0.2) is 21.2 Å². The van der Waals surface area contributed by atoms with Crippen LogP contribution in [0, 0.1) is 0 Å². The minimum Gasteiger partial charge on any atom is -0.327 e. The Bertz CT molecular complexity index is 382. The van der Waals surface area contributed by atoms with Crippen molar-refractivity contribution < 1.29 is 0 Å². The Morgan fingerprint density at radius 1 is 1.60 bits per heavy atom. The lowest BCUT2D eigenvalue weighted by atomic mass is 10.2. The predicted octanol–water partition coefficient (Wildman–Crippen LogP) is 2.05. The highest BCUT2D eigenvalue weighted by Gasteiger charge is 2.19. The fourth-order valence-corrected chi connectivity index (χ4v) is 3.24. The molecule has 0 saturated carbocycles. The van der Waals surface area contributed by atoms with Crippen LogP contribution < -0.4 is 5.73 Å². The Balaban J connectivity index is 2.14. The second-order valence-corrected chi connectivity index (χ2v) is 5.31. The topological polar surface area (TPSA) is 67.6 Å². The fraction of sp³-hybridized carbons (Fsp3) is 0.333. The average molecular weight is 240 g/mol. The predicted molar refractivity (Wildman–Crippen MR) is 62.9 cm³/mol. The first-order valence-corrected chi connectivity index (χ1v) is 6.34. The Kier molecular flexibility index (Phi) is 3.40. The molecule has 0 saturated heterocycles. The molecule has 0 bridgehead atoms. The lowest BCUT2D eigenvalue weighted by molar-refractivity contribution is 0.726. The van der Waals surface area contributed by atoms with E-state index >= 15 is 0 Å². The minimum atomic E-state index is 0.0822. The second kappa shape index (κ2) is 4.78. The third-order valence-corrected chi connectivity index (χ3v) is 4.39. The van der Waals surface area contributed by atoms with Crippen LogP contribution in [0.15, 0.2) is 29.0 Å². The van der Waals surface area contributed by atoms with E-state index in [2.05, 4.69) is 26.6 Å². The Morgan fingerprint density at radius 3 is 3.00 bits per heavy atom. The number of hydrogen-bond acceptors (Lipinski definition) is 5. The van der Waals surface area contributed by atoms with Crippen molar-refractivity contribution in [2.45, 2.75) is 23.4 Å². The van der Waals surface area contributed by atoms with Crippen molar-refractivity contribution in [1.82, 2.24) is 15.2 Å². The summed E-state index contributed by atoms with van der Waals surface area (Å²) < 4.78 is 0. The highest BCUT2D eigenvalue weighted by atomic mass is 32.2. The monoisotopic (exact) mass is 240 g/mol. The zero-order chi connectivity index (χ0) is 10.7. The third kappa shape index (κ3) is 2.58. The second-order valence-electron chi connectivity index (χ2n) is 3.20. The molecule has 2 heterocycles. The first kappa shape index (κ1) is 10.7. The van der Waals surface area contributed by atoms with Crippen molar-refractivity contribution in [1.29, 1.82) is 0 Å². The van der Waals surface area contributed by atoms with Crippen LogP contribution in [0.5, 0.6) is 0 Å². The summed E-state index contributed by atoms with van der Waals surface area (Å²) in [5, 5.41) is 9.76. The molecule has 2 aromatic rings. The van der Waals surface area contributed by atoms with Gasteiger partial charge < -0.3 is 5.73 Å². The maximum atomic E-state index is 5.97. The Hall–Kier alpha value is -0.850. The van der Waals surface area contributed by atoms with Crippen LogP contribution in [0.2, 0.25) is 0 Å². The van der Waals surface area contributed by atoms with Gasteiger partial charge in [-0.2, -0.15) is 5.10 Å². The van der Waals surface area contributed by atoms with E-state index in [0.717, 1.165) is 5.16 Å². The maximum absolute atomic E-state index is 5.97. The van der Waals surface area contributed by atoms with Crippen molar-refractivity contribution in [3.63, 3.8) is 0 Å². The molecule has 2 atom stereocenters. The maximum Gasteiger partial charge on any atom is 0.184 e. The Labute approximate surface area is 96.3 Å². The number of H-pyrrole nitrogens is 1. The molecular formula is C9H12N4S2. The van der Waals surface area contributed by atoms with Gasteiger partial charge in [-0.25, -0.2) is 4.98 Å². The molecule has 2 unspecified atom stereocenters. The van der Waals surface area contributed by atoms with Crippen molar-refractivity contribution in [2.75, 3.05) is 0 Å². The first-order valence-electron chi connectivity index (χ1n) is 4.58. The number of nitrogens with one attached hydrogen (secondary N) is 1. The van der Waals surface area contributed by atoms with Crippen LogP contribution in [0.25, 0.3) is 0 Å². The molecule has 0 radical (unpaired) electrons. The summed E-state index contributed by atoms with van der Waals surface area (Å²) in [6, 6.07) is 4.22. The number of nitrogens with two attached hydrogens (primary N) is 1. The Morgan fingerprint density at radius 2 is 2.47 bits per heavy atom. The summed E-state index contributed by atoms with van der Waals surface area (Å²) in [5.74, 6) is 0. The minimum absolute atomic E-state index is 0.0822. The molecule has 80 valence electrons. The van der Waals surface area contributed by atoms with Crippen molar-refractivity contribution in [3.05, 3.63) is 28.7 Å². The smallest absolute Gasteiger partial charge is 0.184 e. The van der Waals surface area contributed by atoms with Gasteiger partial charge >= 0.3 is 0 Å². The zero-order valence-corrected chi connectivity index (χ0v) is 9.89. The van der Waals surface area contributed by atoms with Crippen molar-refractivity contribution in [3.8, 4) is 0 Å². The number of nitrogens with zero attached hydrogens (tertiary/aromatic N) is 2. The van der Waals surface area contributed by atoms with Gasteiger partial charge in [0.2, 0.25) is 0 Å². The van der Waals surface area contributed by atoms with Crippen LogP contribution in [0.1, 0.15) is 17.1 Å². The van der Waals surface area contributed by atoms with E-state index in [1.54, 1.807) is 23.1 Å². The molecule has 0 aliphatic heterocycles. The van der Waals surface area contributed by atoms with Gasteiger partial charge in [-0.05, 0) is 18.4 Å². The number of aromatic nitrogens is 3. The van der Waals surface area contributed by atoms with Gasteiger partial charge in [-0.15, -0.1) is 11.3 Å². The molecule has 2 aromatic heterocycles. The molecule has 0 spiro atoms.